The Morgan fingerprint density at radius 1 is 1.04 bits per heavy atom. The fourth-order valence-electron chi connectivity index (χ4n) is 3.69. The Kier molecular flexibility index (Phi) is 5.39. The van der Waals surface area contributed by atoms with E-state index >= 15 is 0 Å². The normalized spacial score (nSPS) is 20.4. The maximum atomic E-state index is 13.4. The van der Waals surface area contributed by atoms with Gasteiger partial charge in [0.2, 0.25) is 4.77 Å². The van der Waals surface area contributed by atoms with E-state index in [0.717, 1.165) is 30.2 Å². The molecule has 0 spiro atoms. The van der Waals surface area contributed by atoms with Gasteiger partial charge in [0, 0.05) is 18.7 Å². The summed E-state index contributed by atoms with van der Waals surface area (Å²) in [5, 5.41) is 4.82. The molecule has 28 heavy (non-hydrogen) atoms. The third-order valence-electron chi connectivity index (χ3n) is 4.79. The molecule has 4 rings (SSSR count). The van der Waals surface area contributed by atoms with Gasteiger partial charge in [-0.25, -0.2) is 9.07 Å². The van der Waals surface area contributed by atoms with Crippen molar-refractivity contribution in [3.05, 3.63) is 65.2 Å². The van der Waals surface area contributed by atoms with Crippen molar-refractivity contribution in [3.63, 3.8) is 0 Å². The Morgan fingerprint density at radius 3 is 2.32 bits per heavy atom. The lowest BCUT2D eigenvalue weighted by Gasteiger charge is -2.34. The van der Waals surface area contributed by atoms with E-state index < -0.39 is 0 Å². The molecule has 5 nitrogen and oxygen atoms in total. The lowest BCUT2D eigenvalue weighted by Crippen LogP contribution is -2.46. The SMILES string of the molecule is C[C@H]1CN(Cn2nc(-c3ccccc3)n(-c3ccc(F)cc3)c2=S)C[C@H](C)O1. The maximum absolute atomic E-state index is 13.4. The minimum Gasteiger partial charge on any atom is -0.373 e. The number of nitrogens with zero attached hydrogens (tertiary/aromatic N) is 4. The molecule has 3 aromatic rings. The summed E-state index contributed by atoms with van der Waals surface area (Å²) in [4.78, 5) is 2.30. The number of aromatic nitrogens is 3. The summed E-state index contributed by atoms with van der Waals surface area (Å²) in [6.45, 7) is 6.40. The predicted molar refractivity (Wildman–Crippen MR) is 109 cm³/mol. The van der Waals surface area contributed by atoms with Gasteiger partial charge in [0.15, 0.2) is 5.82 Å². The van der Waals surface area contributed by atoms with Crippen LogP contribution in [0.3, 0.4) is 0 Å². The van der Waals surface area contributed by atoms with E-state index in [1.807, 2.05) is 39.6 Å². The van der Waals surface area contributed by atoms with Gasteiger partial charge < -0.3 is 4.74 Å². The highest BCUT2D eigenvalue weighted by Crippen LogP contribution is 2.23. The molecule has 0 aliphatic carbocycles. The first-order valence-electron chi connectivity index (χ1n) is 9.40. The van der Waals surface area contributed by atoms with Gasteiger partial charge in [0.1, 0.15) is 5.82 Å². The van der Waals surface area contributed by atoms with Crippen LogP contribution in [0.1, 0.15) is 13.8 Å². The van der Waals surface area contributed by atoms with Crippen LogP contribution < -0.4 is 0 Å². The van der Waals surface area contributed by atoms with E-state index in [1.54, 1.807) is 12.1 Å². The predicted octanol–water partition coefficient (Wildman–Crippen LogP) is 4.28. The molecule has 1 saturated heterocycles. The third kappa shape index (κ3) is 3.92. The number of ether oxygens (including phenoxy) is 1. The Morgan fingerprint density at radius 2 is 1.68 bits per heavy atom. The maximum Gasteiger partial charge on any atom is 0.204 e. The molecule has 0 saturated carbocycles. The van der Waals surface area contributed by atoms with Crippen molar-refractivity contribution in [2.24, 2.45) is 0 Å². The second-order valence-corrected chi connectivity index (χ2v) is 7.58. The molecule has 0 unspecified atom stereocenters. The second kappa shape index (κ2) is 7.95. The van der Waals surface area contributed by atoms with Crippen LogP contribution in [0.4, 0.5) is 4.39 Å². The molecular weight excluding hydrogens is 375 g/mol. The Labute approximate surface area is 169 Å². The summed E-state index contributed by atoms with van der Waals surface area (Å²) >= 11 is 5.77. The van der Waals surface area contributed by atoms with Crippen molar-refractivity contribution in [2.45, 2.75) is 32.7 Å². The van der Waals surface area contributed by atoms with Crippen LogP contribution >= 0.6 is 12.2 Å². The summed E-state index contributed by atoms with van der Waals surface area (Å²) < 4.78 is 23.6. The lowest BCUT2D eigenvalue weighted by atomic mass is 10.2. The minimum absolute atomic E-state index is 0.172. The molecule has 0 amide bonds. The molecule has 146 valence electrons. The van der Waals surface area contributed by atoms with Gasteiger partial charge >= 0.3 is 0 Å². The van der Waals surface area contributed by atoms with E-state index in [1.165, 1.54) is 12.1 Å². The van der Waals surface area contributed by atoms with Crippen molar-refractivity contribution in [1.29, 1.82) is 0 Å². The Balaban J connectivity index is 1.76. The topological polar surface area (TPSA) is 35.2 Å². The molecule has 2 atom stereocenters. The molecule has 0 radical (unpaired) electrons. The van der Waals surface area contributed by atoms with Crippen LogP contribution in [0, 0.1) is 10.6 Å². The highest BCUT2D eigenvalue weighted by Gasteiger charge is 2.24. The molecule has 1 aromatic heterocycles. The molecule has 1 aliphatic heterocycles. The molecule has 1 fully saturated rings. The van der Waals surface area contributed by atoms with Crippen LogP contribution in [-0.2, 0) is 11.4 Å². The van der Waals surface area contributed by atoms with Crippen molar-refractivity contribution < 1.29 is 9.13 Å². The Hall–Kier alpha value is -2.35. The monoisotopic (exact) mass is 398 g/mol. The molecule has 1 aliphatic rings. The Bertz CT molecular complexity index is 989. The largest absolute Gasteiger partial charge is 0.373 e. The summed E-state index contributed by atoms with van der Waals surface area (Å²) in [5.74, 6) is 0.465. The van der Waals surface area contributed by atoms with Crippen molar-refractivity contribution in [3.8, 4) is 17.1 Å². The number of benzene rings is 2. The summed E-state index contributed by atoms with van der Waals surface area (Å²) in [6.07, 6.45) is 0.344. The van der Waals surface area contributed by atoms with E-state index in [0.29, 0.717) is 11.4 Å². The number of morpholine rings is 1. The van der Waals surface area contributed by atoms with Crippen LogP contribution in [0.15, 0.2) is 54.6 Å². The minimum atomic E-state index is -0.278. The summed E-state index contributed by atoms with van der Waals surface area (Å²) in [6, 6.07) is 16.2. The first-order valence-corrected chi connectivity index (χ1v) is 9.81. The number of rotatable bonds is 4. The van der Waals surface area contributed by atoms with Gasteiger partial charge in [-0.05, 0) is 50.3 Å². The van der Waals surface area contributed by atoms with Gasteiger partial charge in [0.05, 0.1) is 24.6 Å². The molecular formula is C21H23FN4OS. The summed E-state index contributed by atoms with van der Waals surface area (Å²) in [7, 11) is 0. The standard InChI is InChI=1S/C21H23FN4OS/c1-15-12-24(13-16(2)27-15)14-25-21(28)26(19-10-8-18(22)9-11-19)20(23-25)17-6-4-3-5-7-17/h3-11,15-16H,12-14H2,1-2H3/t15-,16-/m0/s1. The number of hydrogen-bond acceptors (Lipinski definition) is 4. The van der Waals surface area contributed by atoms with Crippen molar-refractivity contribution in [2.75, 3.05) is 13.1 Å². The van der Waals surface area contributed by atoms with E-state index in [2.05, 4.69) is 18.7 Å². The van der Waals surface area contributed by atoms with Gasteiger partial charge in [0.25, 0.3) is 0 Å². The van der Waals surface area contributed by atoms with Gasteiger partial charge in [-0.1, -0.05) is 30.3 Å². The van der Waals surface area contributed by atoms with Gasteiger partial charge in [-0.2, -0.15) is 0 Å². The molecule has 7 heteroatoms. The van der Waals surface area contributed by atoms with E-state index in [4.69, 9.17) is 22.1 Å². The first-order chi connectivity index (χ1) is 13.5. The zero-order chi connectivity index (χ0) is 19.7. The molecule has 0 bridgehead atoms. The second-order valence-electron chi connectivity index (χ2n) is 7.22. The smallest absolute Gasteiger partial charge is 0.204 e. The number of hydrogen-bond donors (Lipinski definition) is 0. The highest BCUT2D eigenvalue weighted by molar-refractivity contribution is 7.71. The first kappa shape index (κ1) is 19.0. The fraction of sp³-hybridized carbons (Fsp3) is 0.333. The zero-order valence-electron chi connectivity index (χ0n) is 16.0. The fourth-order valence-corrected chi connectivity index (χ4v) is 3.98. The average molecular weight is 399 g/mol. The van der Waals surface area contributed by atoms with Crippen LogP contribution in [0.2, 0.25) is 0 Å². The molecule has 2 heterocycles. The molecule has 2 aromatic carbocycles. The van der Waals surface area contributed by atoms with Gasteiger partial charge in [-0.15, -0.1) is 5.10 Å². The van der Waals surface area contributed by atoms with Crippen LogP contribution in [0.5, 0.6) is 0 Å². The highest BCUT2D eigenvalue weighted by atomic mass is 32.1. The molecule has 0 N–H and O–H groups in total. The quantitative estimate of drug-likeness (QED) is 0.615. The average Bonchev–Trinajstić information content (AvgIpc) is 2.99. The summed E-state index contributed by atoms with van der Waals surface area (Å²) in [5.41, 5.74) is 1.75. The van der Waals surface area contributed by atoms with Crippen LogP contribution in [-0.4, -0.2) is 44.5 Å². The number of halogens is 1. The lowest BCUT2D eigenvalue weighted by molar-refractivity contribution is -0.0777. The van der Waals surface area contributed by atoms with E-state index in [9.17, 15) is 4.39 Å². The third-order valence-corrected chi connectivity index (χ3v) is 5.18. The van der Waals surface area contributed by atoms with Crippen LogP contribution in [0.25, 0.3) is 17.1 Å². The zero-order valence-corrected chi connectivity index (χ0v) is 16.8. The van der Waals surface area contributed by atoms with Crippen molar-refractivity contribution >= 4 is 12.2 Å². The van der Waals surface area contributed by atoms with Crippen molar-refractivity contribution in [1.82, 2.24) is 19.2 Å². The van der Waals surface area contributed by atoms with E-state index in [-0.39, 0.29) is 18.0 Å². The van der Waals surface area contributed by atoms with Gasteiger partial charge in [-0.3, -0.25) is 9.47 Å².